The molecule has 4 rings (SSSR count). The van der Waals surface area contributed by atoms with Crippen LogP contribution in [0.3, 0.4) is 0 Å². The molecule has 0 saturated carbocycles. The standard InChI is InChI=1S/C21H21Cl2N3O4/c22-15-6-5-14(11-16(15)23)24-20(27)13-26-12-19(21(28)25-7-9-29-10-8-25)30-18-4-2-1-3-17(18)26/h1-6,11,19H,7-10,12-13H2,(H,24,27). The maximum Gasteiger partial charge on any atom is 0.265 e. The molecule has 9 heteroatoms. The normalized spacial score (nSPS) is 18.4. The highest BCUT2D eigenvalue weighted by Gasteiger charge is 2.34. The van der Waals surface area contributed by atoms with Crippen LogP contribution in [0.5, 0.6) is 5.75 Å². The number of anilines is 2. The maximum atomic E-state index is 12.9. The quantitative estimate of drug-likeness (QED) is 0.776. The number of nitrogens with one attached hydrogen (secondary N) is 1. The molecule has 0 bridgehead atoms. The second-order valence-corrected chi connectivity index (χ2v) is 7.88. The molecular weight excluding hydrogens is 429 g/mol. The summed E-state index contributed by atoms with van der Waals surface area (Å²) in [6.45, 7) is 2.46. The molecule has 1 saturated heterocycles. The van der Waals surface area contributed by atoms with Gasteiger partial charge in [0.15, 0.2) is 6.10 Å². The van der Waals surface area contributed by atoms with Gasteiger partial charge in [0, 0.05) is 18.8 Å². The molecule has 1 unspecified atom stereocenters. The molecule has 1 fully saturated rings. The van der Waals surface area contributed by atoms with Crippen LogP contribution >= 0.6 is 23.2 Å². The van der Waals surface area contributed by atoms with Crippen LogP contribution in [0.1, 0.15) is 0 Å². The van der Waals surface area contributed by atoms with Crippen molar-refractivity contribution in [3.63, 3.8) is 0 Å². The summed E-state index contributed by atoms with van der Waals surface area (Å²) in [5.74, 6) is 0.253. The Morgan fingerprint density at radius 2 is 1.83 bits per heavy atom. The highest BCUT2D eigenvalue weighted by molar-refractivity contribution is 6.42. The second-order valence-electron chi connectivity index (χ2n) is 7.07. The molecule has 2 amide bonds. The van der Waals surface area contributed by atoms with Crippen molar-refractivity contribution in [1.82, 2.24) is 4.90 Å². The smallest absolute Gasteiger partial charge is 0.265 e. The van der Waals surface area contributed by atoms with Crippen molar-refractivity contribution in [1.29, 1.82) is 0 Å². The fourth-order valence-corrected chi connectivity index (χ4v) is 3.82. The van der Waals surface area contributed by atoms with E-state index in [0.29, 0.717) is 47.8 Å². The molecule has 2 aliphatic rings. The molecule has 158 valence electrons. The highest BCUT2D eigenvalue weighted by atomic mass is 35.5. The van der Waals surface area contributed by atoms with E-state index in [1.807, 2.05) is 23.1 Å². The van der Waals surface area contributed by atoms with Gasteiger partial charge >= 0.3 is 0 Å². The summed E-state index contributed by atoms with van der Waals surface area (Å²) in [7, 11) is 0. The van der Waals surface area contributed by atoms with Gasteiger partial charge in [-0.05, 0) is 30.3 Å². The molecule has 2 aliphatic heterocycles. The molecule has 2 aromatic carbocycles. The topological polar surface area (TPSA) is 71.1 Å². The number of hydrogen-bond donors (Lipinski definition) is 1. The van der Waals surface area contributed by atoms with Gasteiger partial charge in [-0.2, -0.15) is 0 Å². The fraction of sp³-hybridized carbons (Fsp3) is 0.333. The van der Waals surface area contributed by atoms with Crippen LogP contribution in [0.4, 0.5) is 11.4 Å². The number of rotatable bonds is 4. The SMILES string of the molecule is O=C(CN1CC(C(=O)N2CCOCC2)Oc2ccccc21)Nc1ccc(Cl)c(Cl)c1. The number of morpholine rings is 1. The predicted molar refractivity (Wildman–Crippen MR) is 116 cm³/mol. The minimum Gasteiger partial charge on any atom is -0.477 e. The first kappa shape index (κ1) is 20.8. The molecule has 2 heterocycles. The molecule has 0 aromatic heterocycles. The van der Waals surface area contributed by atoms with E-state index in [4.69, 9.17) is 32.7 Å². The van der Waals surface area contributed by atoms with Crippen LogP contribution in [0.2, 0.25) is 10.0 Å². The summed E-state index contributed by atoms with van der Waals surface area (Å²) < 4.78 is 11.3. The zero-order valence-electron chi connectivity index (χ0n) is 16.1. The lowest BCUT2D eigenvalue weighted by atomic mass is 10.1. The van der Waals surface area contributed by atoms with Crippen LogP contribution < -0.4 is 15.0 Å². The first-order valence-corrected chi connectivity index (χ1v) is 10.4. The van der Waals surface area contributed by atoms with Gasteiger partial charge in [-0.25, -0.2) is 0 Å². The number of nitrogens with zero attached hydrogens (tertiary/aromatic N) is 2. The van der Waals surface area contributed by atoms with Gasteiger partial charge in [0.25, 0.3) is 5.91 Å². The summed E-state index contributed by atoms with van der Waals surface area (Å²) in [6, 6.07) is 12.3. The molecule has 1 N–H and O–H groups in total. The Bertz CT molecular complexity index is 950. The van der Waals surface area contributed by atoms with E-state index >= 15 is 0 Å². The van der Waals surface area contributed by atoms with Crippen LogP contribution in [0, 0.1) is 0 Å². The third-order valence-electron chi connectivity index (χ3n) is 5.00. The lowest BCUT2D eigenvalue weighted by Crippen LogP contribution is -2.53. The molecule has 0 radical (unpaired) electrons. The Labute approximate surface area is 184 Å². The van der Waals surface area contributed by atoms with Crippen molar-refractivity contribution < 1.29 is 19.1 Å². The van der Waals surface area contributed by atoms with E-state index in [1.54, 1.807) is 29.2 Å². The van der Waals surface area contributed by atoms with Gasteiger partial charge in [-0.1, -0.05) is 35.3 Å². The van der Waals surface area contributed by atoms with Crippen molar-refractivity contribution in [2.75, 3.05) is 49.6 Å². The Morgan fingerprint density at radius 3 is 2.60 bits per heavy atom. The van der Waals surface area contributed by atoms with E-state index in [-0.39, 0.29) is 24.9 Å². The summed E-state index contributed by atoms with van der Waals surface area (Å²) in [6.07, 6.45) is -0.684. The minimum atomic E-state index is -0.684. The fourth-order valence-electron chi connectivity index (χ4n) is 3.52. The summed E-state index contributed by atoms with van der Waals surface area (Å²) in [5, 5.41) is 3.60. The minimum absolute atomic E-state index is 0.0630. The first-order chi connectivity index (χ1) is 14.5. The van der Waals surface area contributed by atoms with E-state index in [1.165, 1.54) is 0 Å². The van der Waals surface area contributed by atoms with Crippen molar-refractivity contribution >= 4 is 46.4 Å². The second kappa shape index (κ2) is 9.12. The monoisotopic (exact) mass is 449 g/mol. The molecule has 2 aromatic rings. The number of amides is 2. The predicted octanol–water partition coefficient (Wildman–Crippen LogP) is 3.06. The van der Waals surface area contributed by atoms with Gasteiger partial charge in [0.1, 0.15) is 5.75 Å². The average Bonchev–Trinajstić information content (AvgIpc) is 2.76. The van der Waals surface area contributed by atoms with Gasteiger partial charge in [0.05, 0.1) is 42.0 Å². The number of para-hydroxylation sites is 2. The van der Waals surface area contributed by atoms with Crippen LogP contribution in [0.25, 0.3) is 0 Å². The number of benzene rings is 2. The van der Waals surface area contributed by atoms with Crippen molar-refractivity contribution in [2.45, 2.75) is 6.10 Å². The third-order valence-corrected chi connectivity index (χ3v) is 5.74. The number of ether oxygens (including phenoxy) is 2. The zero-order chi connectivity index (χ0) is 21.1. The Hall–Kier alpha value is -2.48. The molecule has 0 aliphatic carbocycles. The van der Waals surface area contributed by atoms with Crippen LogP contribution in [-0.2, 0) is 14.3 Å². The van der Waals surface area contributed by atoms with Crippen molar-refractivity contribution in [2.24, 2.45) is 0 Å². The Balaban J connectivity index is 1.48. The lowest BCUT2D eigenvalue weighted by molar-refractivity contribution is -0.142. The molecule has 30 heavy (non-hydrogen) atoms. The van der Waals surface area contributed by atoms with Gasteiger partial charge in [0.2, 0.25) is 5.91 Å². The number of halogens is 2. The van der Waals surface area contributed by atoms with Gasteiger partial charge in [-0.15, -0.1) is 0 Å². The number of fused-ring (bicyclic) bond motifs is 1. The van der Waals surface area contributed by atoms with E-state index in [2.05, 4.69) is 5.32 Å². The van der Waals surface area contributed by atoms with Crippen LogP contribution in [-0.4, -0.2) is 62.2 Å². The maximum absolute atomic E-state index is 12.9. The molecule has 1 atom stereocenters. The number of hydrogen-bond acceptors (Lipinski definition) is 5. The largest absolute Gasteiger partial charge is 0.477 e. The molecular formula is C21H21Cl2N3O4. The highest BCUT2D eigenvalue weighted by Crippen LogP contribution is 2.33. The first-order valence-electron chi connectivity index (χ1n) is 9.63. The zero-order valence-corrected chi connectivity index (χ0v) is 17.7. The Morgan fingerprint density at radius 1 is 1.07 bits per heavy atom. The lowest BCUT2D eigenvalue weighted by Gasteiger charge is -2.38. The van der Waals surface area contributed by atoms with E-state index in [0.717, 1.165) is 5.69 Å². The number of carbonyl (C=O) groups is 2. The third kappa shape index (κ3) is 4.64. The van der Waals surface area contributed by atoms with Gasteiger partial charge in [-0.3, -0.25) is 9.59 Å². The summed E-state index contributed by atoms with van der Waals surface area (Å²) in [5.41, 5.74) is 1.32. The van der Waals surface area contributed by atoms with Crippen LogP contribution in [0.15, 0.2) is 42.5 Å². The summed E-state index contributed by atoms with van der Waals surface area (Å²) in [4.78, 5) is 29.2. The summed E-state index contributed by atoms with van der Waals surface area (Å²) >= 11 is 12.0. The average molecular weight is 450 g/mol. The molecule has 7 nitrogen and oxygen atoms in total. The van der Waals surface area contributed by atoms with Crippen molar-refractivity contribution in [3.8, 4) is 5.75 Å². The Kier molecular flexibility index (Phi) is 6.32. The van der Waals surface area contributed by atoms with Crippen molar-refractivity contribution in [3.05, 3.63) is 52.5 Å². The van der Waals surface area contributed by atoms with E-state index < -0.39 is 6.10 Å². The molecule has 0 spiro atoms. The number of carbonyl (C=O) groups excluding carboxylic acids is 2. The van der Waals surface area contributed by atoms with Gasteiger partial charge < -0.3 is 24.6 Å². The van der Waals surface area contributed by atoms with E-state index in [9.17, 15) is 9.59 Å².